The lowest BCUT2D eigenvalue weighted by Crippen LogP contribution is -2.29. The highest BCUT2D eigenvalue weighted by molar-refractivity contribution is 9.10. The van der Waals surface area contributed by atoms with Crippen LogP contribution in [0.5, 0.6) is 0 Å². The van der Waals surface area contributed by atoms with Gasteiger partial charge >= 0.3 is 12.1 Å². The van der Waals surface area contributed by atoms with E-state index in [0.717, 1.165) is 12.5 Å². The highest BCUT2D eigenvalue weighted by Gasteiger charge is 2.33. The van der Waals surface area contributed by atoms with Crippen molar-refractivity contribution in [1.82, 2.24) is 0 Å². The van der Waals surface area contributed by atoms with Gasteiger partial charge in [-0.25, -0.2) is 4.79 Å². The largest absolute Gasteiger partial charge is 0.480 e. The molecule has 0 amide bonds. The minimum absolute atomic E-state index is 0.0732. The predicted octanol–water partition coefficient (Wildman–Crippen LogP) is 4.52. The molecule has 20 heavy (non-hydrogen) atoms. The number of halogens is 4. The van der Waals surface area contributed by atoms with Crippen molar-refractivity contribution in [1.29, 1.82) is 0 Å². The summed E-state index contributed by atoms with van der Waals surface area (Å²) in [7, 11) is 0. The third kappa shape index (κ3) is 4.70. The van der Waals surface area contributed by atoms with Crippen LogP contribution in [0.4, 0.5) is 18.9 Å². The lowest BCUT2D eigenvalue weighted by molar-refractivity contribution is -0.138. The van der Waals surface area contributed by atoms with Gasteiger partial charge in [0.05, 0.1) is 5.56 Å². The third-order valence-electron chi connectivity index (χ3n) is 2.76. The van der Waals surface area contributed by atoms with Crippen LogP contribution >= 0.6 is 15.9 Å². The lowest BCUT2D eigenvalue weighted by atomic mass is 10.1. The minimum Gasteiger partial charge on any atom is -0.480 e. The van der Waals surface area contributed by atoms with Crippen LogP contribution in [0.25, 0.3) is 0 Å². The maximum Gasteiger partial charge on any atom is 0.417 e. The molecular formula is C13H15BrF3NO2. The molecular weight excluding hydrogens is 339 g/mol. The monoisotopic (exact) mass is 353 g/mol. The molecule has 7 heteroatoms. The van der Waals surface area contributed by atoms with E-state index in [9.17, 15) is 18.0 Å². The van der Waals surface area contributed by atoms with Gasteiger partial charge in [0.1, 0.15) is 6.04 Å². The molecule has 2 N–H and O–H groups in total. The van der Waals surface area contributed by atoms with Crippen LogP contribution in [-0.2, 0) is 11.0 Å². The van der Waals surface area contributed by atoms with E-state index in [-0.39, 0.29) is 10.2 Å². The number of anilines is 1. The summed E-state index contributed by atoms with van der Waals surface area (Å²) in [5.74, 6) is -1.07. The topological polar surface area (TPSA) is 49.3 Å². The first-order chi connectivity index (χ1) is 9.25. The van der Waals surface area contributed by atoms with Crippen LogP contribution in [-0.4, -0.2) is 17.1 Å². The summed E-state index contributed by atoms with van der Waals surface area (Å²) < 4.78 is 38.2. The Morgan fingerprint density at radius 1 is 1.45 bits per heavy atom. The smallest absolute Gasteiger partial charge is 0.417 e. The Labute approximate surface area is 123 Å². The van der Waals surface area contributed by atoms with E-state index in [2.05, 4.69) is 21.2 Å². The van der Waals surface area contributed by atoms with Crippen LogP contribution in [0.1, 0.15) is 31.7 Å². The number of rotatable bonds is 6. The quantitative estimate of drug-likeness (QED) is 0.790. The summed E-state index contributed by atoms with van der Waals surface area (Å²) >= 11 is 2.84. The van der Waals surface area contributed by atoms with Crippen molar-refractivity contribution in [2.75, 3.05) is 5.32 Å². The highest BCUT2D eigenvalue weighted by Crippen LogP contribution is 2.36. The third-order valence-corrected chi connectivity index (χ3v) is 3.45. The first-order valence-corrected chi connectivity index (χ1v) is 6.91. The van der Waals surface area contributed by atoms with E-state index in [1.165, 1.54) is 12.1 Å². The van der Waals surface area contributed by atoms with Crippen molar-refractivity contribution >= 4 is 27.6 Å². The van der Waals surface area contributed by atoms with Crippen molar-refractivity contribution < 1.29 is 23.1 Å². The van der Waals surface area contributed by atoms with Gasteiger partial charge in [-0.15, -0.1) is 0 Å². The number of hydrogen-bond acceptors (Lipinski definition) is 2. The number of aliphatic carboxylic acids is 1. The Balaban J connectivity index is 2.94. The number of alkyl halides is 3. The number of carbonyl (C=O) groups is 1. The van der Waals surface area contributed by atoms with Crippen molar-refractivity contribution in [3.05, 3.63) is 28.2 Å². The Bertz CT molecular complexity index is 477. The van der Waals surface area contributed by atoms with Gasteiger partial charge in [0.15, 0.2) is 0 Å². The van der Waals surface area contributed by atoms with Crippen molar-refractivity contribution in [2.45, 2.75) is 38.4 Å². The average molecular weight is 354 g/mol. The molecule has 1 aromatic rings. The van der Waals surface area contributed by atoms with E-state index in [4.69, 9.17) is 5.11 Å². The molecule has 0 fully saturated rings. The van der Waals surface area contributed by atoms with Gasteiger partial charge < -0.3 is 10.4 Å². The van der Waals surface area contributed by atoms with Gasteiger partial charge in [-0.3, -0.25) is 0 Å². The van der Waals surface area contributed by atoms with E-state index in [0.29, 0.717) is 12.8 Å². The summed E-state index contributed by atoms with van der Waals surface area (Å²) in [6.07, 6.45) is -2.62. The summed E-state index contributed by atoms with van der Waals surface area (Å²) in [4.78, 5) is 11.1. The van der Waals surface area contributed by atoms with Gasteiger partial charge in [-0.1, -0.05) is 35.7 Å². The van der Waals surface area contributed by atoms with Crippen LogP contribution in [0, 0.1) is 0 Å². The molecule has 0 aliphatic rings. The molecule has 1 aromatic carbocycles. The molecule has 0 aliphatic carbocycles. The van der Waals surface area contributed by atoms with Gasteiger partial charge in [0, 0.05) is 10.2 Å². The molecule has 0 spiro atoms. The van der Waals surface area contributed by atoms with Gasteiger partial charge in [0.25, 0.3) is 0 Å². The van der Waals surface area contributed by atoms with Crippen LogP contribution < -0.4 is 5.32 Å². The van der Waals surface area contributed by atoms with Crippen molar-refractivity contribution in [3.63, 3.8) is 0 Å². The molecule has 1 unspecified atom stereocenters. The Hall–Kier alpha value is -1.24. The van der Waals surface area contributed by atoms with E-state index >= 15 is 0 Å². The standard InChI is InChI=1S/C13H15BrF3NO2/c1-2-3-4-11(12(19)20)18-8-5-6-10(14)9(7-8)13(15,16)17/h5-7,11,18H,2-4H2,1H3,(H,19,20). The van der Waals surface area contributed by atoms with Crippen molar-refractivity contribution in [3.8, 4) is 0 Å². The van der Waals surface area contributed by atoms with Gasteiger partial charge in [-0.2, -0.15) is 13.2 Å². The SMILES string of the molecule is CCCCC(Nc1ccc(Br)c(C(F)(F)F)c1)C(=O)O. The van der Waals surface area contributed by atoms with Crippen LogP contribution in [0.15, 0.2) is 22.7 Å². The zero-order valence-corrected chi connectivity index (χ0v) is 12.4. The summed E-state index contributed by atoms with van der Waals surface area (Å²) in [5, 5.41) is 11.7. The van der Waals surface area contributed by atoms with Gasteiger partial charge in [0.2, 0.25) is 0 Å². The van der Waals surface area contributed by atoms with Gasteiger partial charge in [-0.05, 0) is 24.6 Å². The molecule has 0 bridgehead atoms. The molecule has 0 radical (unpaired) electrons. The van der Waals surface area contributed by atoms with Crippen LogP contribution in [0.2, 0.25) is 0 Å². The molecule has 0 aliphatic heterocycles. The van der Waals surface area contributed by atoms with Crippen LogP contribution in [0.3, 0.4) is 0 Å². The molecule has 112 valence electrons. The fourth-order valence-corrected chi connectivity index (χ4v) is 2.17. The van der Waals surface area contributed by atoms with E-state index in [1.807, 2.05) is 6.92 Å². The highest BCUT2D eigenvalue weighted by atomic mass is 79.9. The number of hydrogen-bond donors (Lipinski definition) is 2. The second-order valence-electron chi connectivity index (χ2n) is 4.37. The zero-order chi connectivity index (χ0) is 15.3. The zero-order valence-electron chi connectivity index (χ0n) is 10.8. The second-order valence-corrected chi connectivity index (χ2v) is 5.22. The molecule has 0 heterocycles. The second kappa shape index (κ2) is 6.97. The molecule has 3 nitrogen and oxygen atoms in total. The van der Waals surface area contributed by atoms with E-state index < -0.39 is 23.8 Å². The summed E-state index contributed by atoms with van der Waals surface area (Å²) in [5.41, 5.74) is -0.689. The minimum atomic E-state index is -4.49. The number of unbranched alkanes of at least 4 members (excludes halogenated alkanes) is 1. The normalized spacial score (nSPS) is 13.1. The summed E-state index contributed by atoms with van der Waals surface area (Å²) in [6, 6.07) is 2.69. The molecule has 1 atom stereocenters. The maximum atomic E-state index is 12.8. The molecule has 0 aromatic heterocycles. The average Bonchev–Trinajstić information content (AvgIpc) is 2.34. The lowest BCUT2D eigenvalue weighted by Gasteiger charge is -2.17. The number of benzene rings is 1. The Morgan fingerprint density at radius 2 is 2.10 bits per heavy atom. The summed E-state index contributed by atoms with van der Waals surface area (Å²) in [6.45, 7) is 1.92. The molecule has 0 saturated heterocycles. The van der Waals surface area contributed by atoms with Crippen molar-refractivity contribution in [2.24, 2.45) is 0 Å². The molecule has 1 rings (SSSR count). The fraction of sp³-hybridized carbons (Fsp3) is 0.462. The Morgan fingerprint density at radius 3 is 2.60 bits per heavy atom. The fourth-order valence-electron chi connectivity index (χ4n) is 1.70. The maximum absolute atomic E-state index is 12.8. The first-order valence-electron chi connectivity index (χ1n) is 6.11. The van der Waals surface area contributed by atoms with E-state index in [1.54, 1.807) is 0 Å². The number of nitrogens with one attached hydrogen (secondary N) is 1. The molecule has 0 saturated carbocycles. The Kier molecular flexibility index (Phi) is 5.86. The first kappa shape index (κ1) is 16.8. The predicted molar refractivity (Wildman–Crippen MR) is 73.7 cm³/mol. The number of carboxylic acid groups (broad SMARTS) is 1. The number of carboxylic acids is 1.